The first-order valence-corrected chi connectivity index (χ1v) is 8.66. The lowest BCUT2D eigenvalue weighted by Crippen LogP contribution is -2.03. The number of methoxy groups -OCH3 is 1. The highest BCUT2D eigenvalue weighted by Gasteiger charge is 2.14. The molecular weight excluding hydrogens is 346 g/mol. The summed E-state index contributed by atoms with van der Waals surface area (Å²) in [5, 5.41) is 0.799. The minimum absolute atomic E-state index is 0.121. The molecule has 0 fully saturated rings. The van der Waals surface area contributed by atoms with Crippen LogP contribution in [-0.2, 0) is 0 Å². The summed E-state index contributed by atoms with van der Waals surface area (Å²) < 4.78 is 36.2. The van der Waals surface area contributed by atoms with E-state index < -0.39 is 6.61 Å². The second kappa shape index (κ2) is 7.57. The predicted octanol–water partition coefficient (Wildman–Crippen LogP) is 4.87. The van der Waals surface area contributed by atoms with Crippen LogP contribution in [0.4, 0.5) is 8.78 Å². The van der Waals surface area contributed by atoms with Crippen LogP contribution in [0.1, 0.15) is 0 Å². The van der Waals surface area contributed by atoms with Gasteiger partial charge < -0.3 is 9.47 Å². The number of rotatable bonds is 6. The maximum absolute atomic E-state index is 12.3. The molecule has 130 valence electrons. The highest BCUT2D eigenvalue weighted by atomic mass is 32.2. The summed E-state index contributed by atoms with van der Waals surface area (Å²) in [5.74, 6) is 0.893. The Kier molecular flexibility index (Phi) is 5.23. The lowest BCUT2D eigenvalue weighted by atomic mass is 10.1. The molecule has 25 heavy (non-hydrogen) atoms. The van der Waals surface area contributed by atoms with Gasteiger partial charge in [0.05, 0.1) is 19.0 Å². The molecule has 0 radical (unpaired) electrons. The first kappa shape index (κ1) is 17.3. The van der Waals surface area contributed by atoms with Gasteiger partial charge >= 0.3 is 6.61 Å². The van der Waals surface area contributed by atoms with Crippen LogP contribution in [0.2, 0.25) is 0 Å². The summed E-state index contributed by atoms with van der Waals surface area (Å²) in [6.45, 7) is -2.84. The second-order valence-corrected chi connectivity index (χ2v) is 5.84. The Balaban J connectivity index is 2.01. The van der Waals surface area contributed by atoms with Crippen molar-refractivity contribution in [3.8, 4) is 28.4 Å². The molecular formula is C18H16F2N2O2S. The van der Waals surface area contributed by atoms with E-state index in [0.717, 1.165) is 27.9 Å². The summed E-state index contributed by atoms with van der Waals surface area (Å²) in [6, 6.07) is 14.1. The normalized spacial score (nSPS) is 10.9. The molecule has 0 aliphatic rings. The first-order chi connectivity index (χ1) is 12.1. The SMILES string of the molecule is COc1ccc(-c2cnc(SC)n2-c2ccc(OC(F)F)cc2)cc1. The van der Waals surface area contributed by atoms with Crippen molar-refractivity contribution in [1.82, 2.24) is 9.55 Å². The maximum atomic E-state index is 12.3. The zero-order valence-corrected chi connectivity index (χ0v) is 14.5. The number of alkyl halides is 2. The van der Waals surface area contributed by atoms with Crippen LogP contribution in [0.15, 0.2) is 59.9 Å². The Morgan fingerprint density at radius 3 is 2.20 bits per heavy atom. The van der Waals surface area contributed by atoms with Crippen LogP contribution in [0.3, 0.4) is 0 Å². The highest BCUT2D eigenvalue weighted by molar-refractivity contribution is 7.98. The van der Waals surface area contributed by atoms with Gasteiger partial charge in [-0.3, -0.25) is 4.57 Å². The number of hydrogen-bond acceptors (Lipinski definition) is 4. The summed E-state index contributed by atoms with van der Waals surface area (Å²) in [5.41, 5.74) is 2.69. The highest BCUT2D eigenvalue weighted by Crippen LogP contribution is 2.30. The van der Waals surface area contributed by atoms with E-state index in [0.29, 0.717) is 0 Å². The zero-order chi connectivity index (χ0) is 17.8. The van der Waals surface area contributed by atoms with E-state index in [1.54, 1.807) is 25.4 Å². The second-order valence-electron chi connectivity index (χ2n) is 5.07. The van der Waals surface area contributed by atoms with Gasteiger partial charge in [-0.15, -0.1) is 0 Å². The fourth-order valence-electron chi connectivity index (χ4n) is 2.47. The molecule has 0 bridgehead atoms. The number of nitrogens with zero attached hydrogens (tertiary/aromatic N) is 2. The number of imidazole rings is 1. The summed E-state index contributed by atoms with van der Waals surface area (Å²) in [6.07, 6.45) is 3.72. The molecule has 7 heteroatoms. The van der Waals surface area contributed by atoms with Gasteiger partial charge in [0, 0.05) is 11.3 Å². The molecule has 2 aromatic carbocycles. The summed E-state index contributed by atoms with van der Waals surface area (Å²) in [4.78, 5) is 4.44. The number of halogens is 2. The fourth-order valence-corrected chi connectivity index (χ4v) is 3.01. The molecule has 0 amide bonds. The predicted molar refractivity (Wildman–Crippen MR) is 94.0 cm³/mol. The number of aromatic nitrogens is 2. The molecule has 0 saturated carbocycles. The van der Waals surface area contributed by atoms with Crippen molar-refractivity contribution in [2.45, 2.75) is 11.8 Å². The largest absolute Gasteiger partial charge is 0.497 e. The quantitative estimate of drug-likeness (QED) is 0.586. The Hall–Kier alpha value is -2.54. The number of benzene rings is 2. The van der Waals surface area contributed by atoms with Crippen LogP contribution in [0.5, 0.6) is 11.5 Å². The van der Waals surface area contributed by atoms with Gasteiger partial charge in [0.25, 0.3) is 0 Å². The Labute approximate surface area is 148 Å². The summed E-state index contributed by atoms with van der Waals surface area (Å²) in [7, 11) is 1.62. The lowest BCUT2D eigenvalue weighted by Gasteiger charge is -2.12. The van der Waals surface area contributed by atoms with Crippen LogP contribution < -0.4 is 9.47 Å². The van der Waals surface area contributed by atoms with Gasteiger partial charge in [0.1, 0.15) is 11.5 Å². The molecule has 1 heterocycles. The van der Waals surface area contributed by atoms with Crippen LogP contribution in [0, 0.1) is 0 Å². The van der Waals surface area contributed by atoms with E-state index >= 15 is 0 Å². The molecule has 3 aromatic rings. The molecule has 1 aromatic heterocycles. The molecule has 0 unspecified atom stereocenters. The molecule has 4 nitrogen and oxygen atoms in total. The molecule has 0 atom stereocenters. The molecule has 0 saturated heterocycles. The van der Waals surface area contributed by atoms with Crippen molar-refractivity contribution in [1.29, 1.82) is 0 Å². The van der Waals surface area contributed by atoms with Gasteiger partial charge in [-0.2, -0.15) is 8.78 Å². The average Bonchev–Trinajstić information content (AvgIpc) is 3.06. The number of hydrogen-bond donors (Lipinski definition) is 0. The Morgan fingerprint density at radius 2 is 1.64 bits per heavy atom. The van der Waals surface area contributed by atoms with E-state index in [1.807, 2.05) is 35.1 Å². The van der Waals surface area contributed by atoms with Crippen molar-refractivity contribution in [3.05, 3.63) is 54.7 Å². The van der Waals surface area contributed by atoms with Crippen molar-refractivity contribution >= 4 is 11.8 Å². The zero-order valence-electron chi connectivity index (χ0n) is 13.6. The van der Waals surface area contributed by atoms with Gasteiger partial charge in [0.15, 0.2) is 5.16 Å². The molecule has 0 spiro atoms. The van der Waals surface area contributed by atoms with E-state index in [9.17, 15) is 8.78 Å². The van der Waals surface area contributed by atoms with Crippen LogP contribution in [0.25, 0.3) is 16.9 Å². The van der Waals surface area contributed by atoms with Crippen molar-refractivity contribution in [3.63, 3.8) is 0 Å². The Bertz CT molecular complexity index is 833. The van der Waals surface area contributed by atoms with Crippen LogP contribution in [-0.4, -0.2) is 29.5 Å². The smallest absolute Gasteiger partial charge is 0.387 e. The number of thioether (sulfide) groups is 1. The average molecular weight is 362 g/mol. The third-order valence-electron chi connectivity index (χ3n) is 3.62. The monoisotopic (exact) mass is 362 g/mol. The molecule has 0 aliphatic carbocycles. The molecule has 0 N–H and O–H groups in total. The van der Waals surface area contributed by atoms with E-state index in [1.165, 1.54) is 23.9 Å². The van der Waals surface area contributed by atoms with Gasteiger partial charge in [0.2, 0.25) is 0 Å². The van der Waals surface area contributed by atoms with Gasteiger partial charge in [-0.05, 0) is 54.8 Å². The van der Waals surface area contributed by atoms with E-state index in [-0.39, 0.29) is 5.75 Å². The van der Waals surface area contributed by atoms with Crippen molar-refractivity contribution < 1.29 is 18.3 Å². The third kappa shape index (κ3) is 3.76. The lowest BCUT2D eigenvalue weighted by molar-refractivity contribution is -0.0498. The van der Waals surface area contributed by atoms with Crippen molar-refractivity contribution in [2.24, 2.45) is 0 Å². The first-order valence-electron chi connectivity index (χ1n) is 7.44. The van der Waals surface area contributed by atoms with Gasteiger partial charge in [-0.1, -0.05) is 11.8 Å². The van der Waals surface area contributed by atoms with E-state index in [4.69, 9.17) is 4.74 Å². The minimum atomic E-state index is -2.84. The van der Waals surface area contributed by atoms with Gasteiger partial charge in [-0.25, -0.2) is 4.98 Å². The Morgan fingerprint density at radius 1 is 1.00 bits per heavy atom. The number of ether oxygens (including phenoxy) is 2. The van der Waals surface area contributed by atoms with Crippen molar-refractivity contribution in [2.75, 3.05) is 13.4 Å². The molecule has 0 aliphatic heterocycles. The topological polar surface area (TPSA) is 36.3 Å². The van der Waals surface area contributed by atoms with E-state index in [2.05, 4.69) is 9.72 Å². The maximum Gasteiger partial charge on any atom is 0.387 e. The minimum Gasteiger partial charge on any atom is -0.497 e. The van der Waals surface area contributed by atoms with Crippen LogP contribution >= 0.6 is 11.8 Å². The standard InChI is InChI=1S/C18H16F2N2O2S/c1-23-14-7-3-12(4-8-14)16-11-21-18(25-2)22(16)13-5-9-15(10-6-13)24-17(19)20/h3-11,17H,1-2H3. The molecule has 3 rings (SSSR count). The third-order valence-corrected chi connectivity index (χ3v) is 4.27. The fraction of sp³-hybridized carbons (Fsp3) is 0.167. The summed E-state index contributed by atoms with van der Waals surface area (Å²) >= 11 is 1.50.